The Balaban J connectivity index is 2.09. The Labute approximate surface area is 119 Å². The molecule has 1 heterocycles. The summed E-state index contributed by atoms with van der Waals surface area (Å²) in [5.74, 6) is -0.722. The van der Waals surface area contributed by atoms with Gasteiger partial charge in [-0.3, -0.25) is 0 Å². The molecule has 4 nitrogen and oxygen atoms in total. The van der Waals surface area contributed by atoms with Gasteiger partial charge in [0.05, 0.1) is 7.11 Å². The Kier molecular flexibility index (Phi) is 3.35. The Hall–Kier alpha value is -2.76. The van der Waals surface area contributed by atoms with Crippen molar-refractivity contribution in [1.82, 2.24) is 15.4 Å². The number of hydrogen-bond acceptors (Lipinski definition) is 3. The highest BCUT2D eigenvalue weighted by Crippen LogP contribution is 2.30. The molecule has 0 fully saturated rings. The van der Waals surface area contributed by atoms with Crippen LogP contribution in [-0.2, 0) is 0 Å². The van der Waals surface area contributed by atoms with Crippen LogP contribution in [0, 0.1) is 11.6 Å². The molecule has 0 atom stereocenters. The SMILES string of the molecule is COc1ccc(-c2n[nH]nc2-c2cccc(F)c2)cc1F. The lowest BCUT2D eigenvalue weighted by Gasteiger charge is -2.05. The third kappa shape index (κ3) is 2.47. The molecule has 0 aliphatic carbocycles. The van der Waals surface area contributed by atoms with Crippen LogP contribution in [0.5, 0.6) is 5.75 Å². The van der Waals surface area contributed by atoms with Crippen LogP contribution in [-0.4, -0.2) is 22.5 Å². The van der Waals surface area contributed by atoms with Crippen molar-refractivity contribution in [2.45, 2.75) is 0 Å². The van der Waals surface area contributed by atoms with Crippen LogP contribution in [0.4, 0.5) is 8.78 Å². The van der Waals surface area contributed by atoms with Crippen LogP contribution in [0.15, 0.2) is 42.5 Å². The molecule has 3 aromatic rings. The van der Waals surface area contributed by atoms with Gasteiger partial charge in [0, 0.05) is 11.1 Å². The standard InChI is InChI=1S/C15H11F2N3O/c1-21-13-6-5-10(8-12(13)17)15-14(18-20-19-15)9-3-2-4-11(16)7-9/h2-8H,1H3,(H,18,19,20). The van der Waals surface area contributed by atoms with Gasteiger partial charge in [-0.05, 0) is 30.3 Å². The van der Waals surface area contributed by atoms with E-state index in [1.54, 1.807) is 18.2 Å². The third-order valence-electron chi connectivity index (χ3n) is 3.07. The van der Waals surface area contributed by atoms with Crippen molar-refractivity contribution in [2.75, 3.05) is 7.11 Å². The lowest BCUT2D eigenvalue weighted by atomic mass is 10.0. The molecular weight excluding hydrogens is 276 g/mol. The zero-order chi connectivity index (χ0) is 14.8. The Bertz CT molecular complexity index is 786. The molecule has 0 amide bonds. The molecule has 1 aromatic heterocycles. The topological polar surface area (TPSA) is 50.8 Å². The second kappa shape index (κ2) is 5.32. The summed E-state index contributed by atoms with van der Waals surface area (Å²) in [6.45, 7) is 0. The first-order valence-corrected chi connectivity index (χ1v) is 6.19. The summed E-state index contributed by atoms with van der Waals surface area (Å²) in [4.78, 5) is 0. The summed E-state index contributed by atoms with van der Waals surface area (Å²) < 4.78 is 32.0. The molecule has 0 radical (unpaired) electrons. The molecule has 0 aliphatic heterocycles. The Morgan fingerprint density at radius 2 is 1.67 bits per heavy atom. The van der Waals surface area contributed by atoms with Crippen molar-refractivity contribution >= 4 is 0 Å². The van der Waals surface area contributed by atoms with E-state index in [0.29, 0.717) is 22.5 Å². The zero-order valence-electron chi connectivity index (χ0n) is 11.1. The number of methoxy groups -OCH3 is 1. The van der Waals surface area contributed by atoms with Crippen molar-refractivity contribution in [2.24, 2.45) is 0 Å². The molecule has 0 unspecified atom stereocenters. The van der Waals surface area contributed by atoms with E-state index in [4.69, 9.17) is 4.74 Å². The van der Waals surface area contributed by atoms with Gasteiger partial charge in [-0.15, -0.1) is 0 Å². The molecule has 0 spiro atoms. The quantitative estimate of drug-likeness (QED) is 0.803. The first-order valence-electron chi connectivity index (χ1n) is 6.19. The Morgan fingerprint density at radius 3 is 2.29 bits per heavy atom. The van der Waals surface area contributed by atoms with E-state index in [0.717, 1.165) is 0 Å². The van der Waals surface area contributed by atoms with Gasteiger partial charge >= 0.3 is 0 Å². The molecule has 0 saturated carbocycles. The molecule has 106 valence electrons. The van der Waals surface area contributed by atoms with Gasteiger partial charge in [0.25, 0.3) is 0 Å². The molecule has 0 aliphatic rings. The second-order valence-electron chi connectivity index (χ2n) is 4.38. The van der Waals surface area contributed by atoms with E-state index in [1.807, 2.05) is 0 Å². The highest BCUT2D eigenvalue weighted by atomic mass is 19.1. The average molecular weight is 287 g/mol. The van der Waals surface area contributed by atoms with Gasteiger partial charge < -0.3 is 4.74 Å². The molecule has 1 N–H and O–H groups in total. The van der Waals surface area contributed by atoms with Gasteiger partial charge in [0.2, 0.25) is 0 Å². The maximum Gasteiger partial charge on any atom is 0.165 e. The number of halogens is 2. The van der Waals surface area contributed by atoms with Gasteiger partial charge in [-0.1, -0.05) is 12.1 Å². The Morgan fingerprint density at radius 1 is 0.952 bits per heavy atom. The van der Waals surface area contributed by atoms with Crippen LogP contribution in [0.1, 0.15) is 0 Å². The molecule has 0 saturated heterocycles. The molecule has 21 heavy (non-hydrogen) atoms. The fraction of sp³-hybridized carbons (Fsp3) is 0.0667. The zero-order valence-corrected chi connectivity index (χ0v) is 11.1. The summed E-state index contributed by atoms with van der Waals surface area (Å²) in [7, 11) is 1.40. The highest BCUT2D eigenvalue weighted by molar-refractivity contribution is 5.77. The maximum absolute atomic E-state index is 13.8. The number of H-pyrrole nitrogens is 1. The number of benzene rings is 2. The van der Waals surface area contributed by atoms with Crippen LogP contribution in [0.25, 0.3) is 22.5 Å². The smallest absolute Gasteiger partial charge is 0.165 e. The molecule has 3 rings (SSSR count). The van der Waals surface area contributed by atoms with Crippen LogP contribution in [0.2, 0.25) is 0 Å². The number of ether oxygens (including phenoxy) is 1. The minimum absolute atomic E-state index is 0.148. The highest BCUT2D eigenvalue weighted by Gasteiger charge is 2.15. The number of aromatic nitrogens is 3. The maximum atomic E-state index is 13.8. The number of rotatable bonds is 3. The summed E-state index contributed by atoms with van der Waals surface area (Å²) in [5.41, 5.74) is 2.00. The van der Waals surface area contributed by atoms with Gasteiger partial charge in [0.1, 0.15) is 17.2 Å². The fourth-order valence-electron chi connectivity index (χ4n) is 2.08. The first-order chi connectivity index (χ1) is 10.2. The predicted molar refractivity (Wildman–Crippen MR) is 73.7 cm³/mol. The lowest BCUT2D eigenvalue weighted by molar-refractivity contribution is 0.386. The molecule has 6 heteroatoms. The largest absolute Gasteiger partial charge is 0.494 e. The van der Waals surface area contributed by atoms with E-state index in [1.165, 1.54) is 31.4 Å². The van der Waals surface area contributed by atoms with E-state index >= 15 is 0 Å². The molecular formula is C15H11F2N3O. The number of nitrogens with zero attached hydrogens (tertiary/aromatic N) is 2. The minimum Gasteiger partial charge on any atom is -0.494 e. The first kappa shape index (κ1) is 13.2. The van der Waals surface area contributed by atoms with Crippen molar-refractivity contribution in [3.63, 3.8) is 0 Å². The minimum atomic E-state index is -0.497. The predicted octanol–water partition coefficient (Wildman–Crippen LogP) is 3.43. The van der Waals surface area contributed by atoms with Crippen molar-refractivity contribution in [1.29, 1.82) is 0 Å². The fourth-order valence-corrected chi connectivity index (χ4v) is 2.08. The van der Waals surface area contributed by atoms with E-state index in [2.05, 4.69) is 15.4 Å². The van der Waals surface area contributed by atoms with Crippen molar-refractivity contribution in [3.05, 3.63) is 54.1 Å². The summed E-state index contributed by atoms with van der Waals surface area (Å²) in [5, 5.41) is 10.5. The summed E-state index contributed by atoms with van der Waals surface area (Å²) in [6.07, 6.45) is 0. The van der Waals surface area contributed by atoms with Gasteiger partial charge in [-0.2, -0.15) is 15.4 Å². The van der Waals surface area contributed by atoms with Gasteiger partial charge in [0.15, 0.2) is 11.6 Å². The number of hydrogen-bond donors (Lipinski definition) is 1. The molecule has 2 aromatic carbocycles. The van der Waals surface area contributed by atoms with Crippen LogP contribution >= 0.6 is 0 Å². The van der Waals surface area contributed by atoms with Crippen molar-refractivity contribution < 1.29 is 13.5 Å². The average Bonchev–Trinajstić information content (AvgIpc) is 2.96. The summed E-state index contributed by atoms with van der Waals surface area (Å²) in [6, 6.07) is 10.5. The third-order valence-corrected chi connectivity index (χ3v) is 3.07. The van der Waals surface area contributed by atoms with E-state index in [9.17, 15) is 8.78 Å². The number of aromatic amines is 1. The summed E-state index contributed by atoms with van der Waals surface area (Å²) >= 11 is 0. The van der Waals surface area contributed by atoms with Crippen LogP contribution < -0.4 is 4.74 Å². The van der Waals surface area contributed by atoms with E-state index in [-0.39, 0.29) is 11.6 Å². The van der Waals surface area contributed by atoms with Crippen LogP contribution in [0.3, 0.4) is 0 Å². The van der Waals surface area contributed by atoms with Crippen molar-refractivity contribution in [3.8, 4) is 28.3 Å². The normalized spacial score (nSPS) is 10.6. The van der Waals surface area contributed by atoms with Gasteiger partial charge in [-0.25, -0.2) is 8.78 Å². The second-order valence-corrected chi connectivity index (χ2v) is 4.38. The number of nitrogens with one attached hydrogen (secondary N) is 1. The lowest BCUT2D eigenvalue weighted by Crippen LogP contribution is -1.90. The van der Waals surface area contributed by atoms with E-state index < -0.39 is 5.82 Å². The molecule has 0 bridgehead atoms. The monoisotopic (exact) mass is 287 g/mol.